The molecule has 2 N–H and O–H groups in total. The summed E-state index contributed by atoms with van der Waals surface area (Å²) >= 11 is 0. The van der Waals surface area contributed by atoms with Gasteiger partial charge in [0.15, 0.2) is 5.78 Å². The minimum absolute atomic E-state index is 0.00404. The van der Waals surface area contributed by atoms with Crippen LogP contribution in [0.4, 0.5) is 0 Å². The highest BCUT2D eigenvalue weighted by atomic mass is 16.3. The van der Waals surface area contributed by atoms with E-state index in [0.717, 1.165) is 0 Å². The molecule has 92 valence electrons. The summed E-state index contributed by atoms with van der Waals surface area (Å²) in [6.45, 7) is 3.42. The minimum Gasteiger partial charge on any atom is -0.508 e. The average Bonchev–Trinajstić information content (AvgIpc) is 2.31. The maximum atomic E-state index is 11.6. The predicted molar refractivity (Wildman–Crippen MR) is 64.7 cm³/mol. The number of para-hydroxylation sites is 1. The van der Waals surface area contributed by atoms with Gasteiger partial charge in [0.1, 0.15) is 5.75 Å². The largest absolute Gasteiger partial charge is 0.508 e. The number of carbonyl (C=O) groups excluding carboxylic acids is 2. The van der Waals surface area contributed by atoms with Gasteiger partial charge in [-0.15, -0.1) is 0 Å². The number of benzene rings is 1. The number of ketones is 1. The summed E-state index contributed by atoms with van der Waals surface area (Å²) in [7, 11) is 0. The van der Waals surface area contributed by atoms with Gasteiger partial charge in [0.05, 0.1) is 12.5 Å². The highest BCUT2D eigenvalue weighted by Gasteiger charge is 2.14. The fourth-order valence-electron chi connectivity index (χ4n) is 1.51. The Hall–Kier alpha value is -1.84. The molecule has 0 fully saturated rings. The monoisotopic (exact) mass is 235 g/mol. The highest BCUT2D eigenvalue weighted by Crippen LogP contribution is 2.15. The van der Waals surface area contributed by atoms with E-state index >= 15 is 0 Å². The fraction of sp³-hybridized carbons (Fsp3) is 0.385. The molecule has 0 aromatic heterocycles. The number of phenols is 1. The molecule has 1 atom stereocenters. The summed E-state index contributed by atoms with van der Waals surface area (Å²) in [6.07, 6.45) is 0.478. The lowest BCUT2D eigenvalue weighted by atomic mass is 10.1. The third-order valence-electron chi connectivity index (χ3n) is 2.55. The van der Waals surface area contributed by atoms with Crippen molar-refractivity contribution in [2.75, 3.05) is 0 Å². The first-order valence-corrected chi connectivity index (χ1v) is 5.63. The second-order valence-electron chi connectivity index (χ2n) is 3.91. The summed E-state index contributed by atoms with van der Waals surface area (Å²) in [5.41, 5.74) is 0.557. The lowest BCUT2D eigenvalue weighted by Crippen LogP contribution is -2.39. The Bertz CT molecular complexity index is 415. The fourth-order valence-corrected chi connectivity index (χ4v) is 1.51. The van der Waals surface area contributed by atoms with Crippen LogP contribution in [0.15, 0.2) is 24.3 Å². The first-order chi connectivity index (χ1) is 8.04. The number of aromatic hydroxyl groups is 1. The third-order valence-corrected chi connectivity index (χ3v) is 2.55. The molecule has 0 saturated carbocycles. The molecular weight excluding hydrogens is 218 g/mol. The van der Waals surface area contributed by atoms with Gasteiger partial charge >= 0.3 is 0 Å². The van der Waals surface area contributed by atoms with Crippen molar-refractivity contribution < 1.29 is 14.7 Å². The van der Waals surface area contributed by atoms with E-state index in [1.54, 1.807) is 32.0 Å². The van der Waals surface area contributed by atoms with Crippen LogP contribution in [0.1, 0.15) is 25.8 Å². The highest BCUT2D eigenvalue weighted by molar-refractivity contribution is 5.89. The zero-order chi connectivity index (χ0) is 12.8. The molecule has 0 bridgehead atoms. The van der Waals surface area contributed by atoms with Crippen LogP contribution >= 0.6 is 0 Å². The van der Waals surface area contributed by atoms with Crippen molar-refractivity contribution in [2.24, 2.45) is 0 Å². The average molecular weight is 235 g/mol. The van der Waals surface area contributed by atoms with Gasteiger partial charge in [-0.3, -0.25) is 9.59 Å². The van der Waals surface area contributed by atoms with Crippen molar-refractivity contribution in [2.45, 2.75) is 32.7 Å². The normalized spacial score (nSPS) is 11.9. The number of nitrogens with one attached hydrogen (secondary N) is 1. The Morgan fingerprint density at radius 3 is 2.59 bits per heavy atom. The van der Waals surface area contributed by atoms with Crippen LogP contribution in [0.25, 0.3) is 0 Å². The van der Waals surface area contributed by atoms with Crippen LogP contribution in [-0.4, -0.2) is 22.8 Å². The molecule has 1 aromatic rings. The maximum Gasteiger partial charge on any atom is 0.225 e. The van der Waals surface area contributed by atoms with Crippen molar-refractivity contribution >= 4 is 11.7 Å². The molecule has 1 rings (SSSR count). The van der Waals surface area contributed by atoms with E-state index in [4.69, 9.17) is 0 Å². The smallest absolute Gasteiger partial charge is 0.225 e. The Labute approximate surface area is 101 Å². The zero-order valence-corrected chi connectivity index (χ0v) is 10.1. The molecule has 17 heavy (non-hydrogen) atoms. The first-order valence-electron chi connectivity index (χ1n) is 5.63. The maximum absolute atomic E-state index is 11.6. The van der Waals surface area contributed by atoms with Crippen LogP contribution in [0.3, 0.4) is 0 Å². The molecule has 1 aromatic carbocycles. The van der Waals surface area contributed by atoms with Crippen molar-refractivity contribution in [3.05, 3.63) is 29.8 Å². The van der Waals surface area contributed by atoms with E-state index in [2.05, 4.69) is 5.32 Å². The van der Waals surface area contributed by atoms with Crippen LogP contribution < -0.4 is 5.32 Å². The SMILES string of the molecule is CCC(=O)C(C)NC(=O)Cc1ccccc1O. The molecule has 0 saturated heterocycles. The van der Waals surface area contributed by atoms with Crippen LogP contribution in [-0.2, 0) is 16.0 Å². The number of phenolic OH excluding ortho intramolecular Hbond substituents is 1. The second kappa shape index (κ2) is 6.03. The predicted octanol–water partition coefficient (Wildman–Crippen LogP) is 1.42. The molecule has 0 aliphatic carbocycles. The summed E-state index contributed by atoms with van der Waals surface area (Å²) in [4.78, 5) is 22.9. The Kier molecular flexibility index (Phi) is 4.69. The van der Waals surface area contributed by atoms with E-state index in [9.17, 15) is 14.7 Å². The third kappa shape index (κ3) is 3.90. The van der Waals surface area contributed by atoms with E-state index in [1.165, 1.54) is 6.07 Å². The summed E-state index contributed by atoms with van der Waals surface area (Å²) in [5, 5.41) is 12.1. The van der Waals surface area contributed by atoms with Crippen molar-refractivity contribution in [3.8, 4) is 5.75 Å². The first kappa shape index (κ1) is 13.2. The molecule has 4 heteroatoms. The topological polar surface area (TPSA) is 66.4 Å². The number of carbonyl (C=O) groups is 2. The number of hydrogen-bond donors (Lipinski definition) is 2. The lowest BCUT2D eigenvalue weighted by molar-refractivity contribution is -0.126. The Balaban J connectivity index is 2.56. The molecule has 4 nitrogen and oxygen atoms in total. The van der Waals surface area contributed by atoms with E-state index in [1.807, 2.05) is 0 Å². The molecule has 1 unspecified atom stereocenters. The van der Waals surface area contributed by atoms with Gasteiger partial charge < -0.3 is 10.4 Å². The standard InChI is InChI=1S/C13H17NO3/c1-3-11(15)9(2)14-13(17)8-10-6-4-5-7-12(10)16/h4-7,9,16H,3,8H2,1-2H3,(H,14,17). The lowest BCUT2D eigenvalue weighted by Gasteiger charge is -2.12. The zero-order valence-electron chi connectivity index (χ0n) is 10.1. The van der Waals surface area contributed by atoms with E-state index in [0.29, 0.717) is 12.0 Å². The van der Waals surface area contributed by atoms with Gasteiger partial charge in [-0.25, -0.2) is 0 Å². The molecule has 0 aliphatic heterocycles. The number of Topliss-reactive ketones (excluding diaryl/α,β-unsaturated/α-hetero) is 1. The number of hydrogen-bond acceptors (Lipinski definition) is 3. The summed E-state index contributed by atoms with van der Waals surface area (Å²) in [5.74, 6) is -0.173. The van der Waals surface area contributed by atoms with Crippen LogP contribution in [0.2, 0.25) is 0 Å². The van der Waals surface area contributed by atoms with Gasteiger partial charge in [0.25, 0.3) is 0 Å². The Morgan fingerprint density at radius 1 is 1.35 bits per heavy atom. The summed E-state index contributed by atoms with van der Waals surface area (Å²) < 4.78 is 0. The number of amides is 1. The van der Waals surface area contributed by atoms with Crippen molar-refractivity contribution in [1.29, 1.82) is 0 Å². The van der Waals surface area contributed by atoms with Gasteiger partial charge in [0.2, 0.25) is 5.91 Å². The molecule has 0 spiro atoms. The van der Waals surface area contributed by atoms with Crippen molar-refractivity contribution in [1.82, 2.24) is 5.32 Å². The van der Waals surface area contributed by atoms with Crippen molar-refractivity contribution in [3.63, 3.8) is 0 Å². The second-order valence-corrected chi connectivity index (χ2v) is 3.91. The molecule has 0 radical (unpaired) electrons. The molecule has 0 heterocycles. The minimum atomic E-state index is -0.474. The molecule has 1 amide bonds. The van der Waals surface area contributed by atoms with Crippen LogP contribution in [0, 0.1) is 0 Å². The van der Waals surface area contributed by atoms with E-state index in [-0.39, 0.29) is 23.9 Å². The van der Waals surface area contributed by atoms with Gasteiger partial charge in [-0.2, -0.15) is 0 Å². The van der Waals surface area contributed by atoms with Crippen LogP contribution in [0.5, 0.6) is 5.75 Å². The Morgan fingerprint density at radius 2 is 2.00 bits per heavy atom. The number of rotatable bonds is 5. The molecular formula is C13H17NO3. The van der Waals surface area contributed by atoms with Gasteiger partial charge in [-0.05, 0) is 13.0 Å². The summed E-state index contributed by atoms with van der Waals surface area (Å²) in [6, 6.07) is 6.19. The van der Waals surface area contributed by atoms with E-state index < -0.39 is 6.04 Å². The van der Waals surface area contributed by atoms with Gasteiger partial charge in [0, 0.05) is 12.0 Å². The van der Waals surface area contributed by atoms with Gasteiger partial charge in [-0.1, -0.05) is 25.1 Å². The molecule has 0 aliphatic rings. The quantitative estimate of drug-likeness (QED) is 0.811.